The van der Waals surface area contributed by atoms with Gasteiger partial charge in [-0.15, -0.1) is 0 Å². The van der Waals surface area contributed by atoms with Crippen molar-refractivity contribution in [1.29, 1.82) is 0 Å². The van der Waals surface area contributed by atoms with Crippen LogP contribution in [0.1, 0.15) is 36.6 Å². The molecule has 0 spiro atoms. The van der Waals surface area contributed by atoms with Gasteiger partial charge in [0.25, 0.3) is 0 Å². The lowest BCUT2D eigenvalue weighted by Crippen LogP contribution is -2.45. The van der Waals surface area contributed by atoms with Crippen molar-refractivity contribution >= 4 is 40.8 Å². The van der Waals surface area contributed by atoms with Crippen molar-refractivity contribution in [2.24, 2.45) is 5.10 Å². The number of allylic oxidation sites excluding steroid dienone is 1. The molecule has 2 atom stereocenters. The van der Waals surface area contributed by atoms with Gasteiger partial charge in [-0.05, 0) is 84.0 Å². The van der Waals surface area contributed by atoms with Gasteiger partial charge in [-0.3, -0.25) is 5.43 Å². The molecule has 0 bridgehead atoms. The van der Waals surface area contributed by atoms with E-state index in [0.29, 0.717) is 40.7 Å². The number of halogens is 2. The highest BCUT2D eigenvalue weighted by Crippen LogP contribution is 2.35. The van der Waals surface area contributed by atoms with Crippen LogP contribution in [-0.4, -0.2) is 49.9 Å². The van der Waals surface area contributed by atoms with Crippen molar-refractivity contribution in [3.8, 4) is 17.2 Å². The highest BCUT2D eigenvalue weighted by Gasteiger charge is 2.32. The van der Waals surface area contributed by atoms with Crippen molar-refractivity contribution in [2.45, 2.75) is 32.7 Å². The number of benzene rings is 3. The van der Waals surface area contributed by atoms with Gasteiger partial charge in [-0.2, -0.15) is 5.10 Å². The molecule has 2 amide bonds. The van der Waals surface area contributed by atoms with Crippen LogP contribution in [-0.2, 0) is 16.1 Å². The van der Waals surface area contributed by atoms with E-state index < -0.39 is 24.3 Å². The zero-order valence-electron chi connectivity index (χ0n) is 24.2. The molecule has 13 heteroatoms. The van der Waals surface area contributed by atoms with Crippen LogP contribution in [0.15, 0.2) is 77.0 Å². The summed E-state index contributed by atoms with van der Waals surface area (Å²) in [6.45, 7) is 3.70. The quantitative estimate of drug-likeness (QED) is 0.0665. The van der Waals surface area contributed by atoms with Crippen LogP contribution >= 0.6 is 22.6 Å². The Morgan fingerprint density at radius 2 is 1.89 bits per heavy atom. The number of hydrazone groups is 1. The van der Waals surface area contributed by atoms with Gasteiger partial charge in [0.05, 0.1) is 35.1 Å². The molecule has 0 aliphatic carbocycles. The summed E-state index contributed by atoms with van der Waals surface area (Å²) in [6, 6.07) is 15.6. The van der Waals surface area contributed by atoms with Gasteiger partial charge in [-0.1, -0.05) is 24.3 Å². The maximum atomic E-state index is 13.9. The summed E-state index contributed by atoms with van der Waals surface area (Å²) in [6.07, 6.45) is 0.386. The molecule has 0 unspecified atom stereocenters. The van der Waals surface area contributed by atoms with E-state index in [1.807, 2.05) is 6.07 Å². The molecule has 44 heavy (non-hydrogen) atoms. The fourth-order valence-corrected chi connectivity index (χ4v) is 5.00. The third kappa shape index (κ3) is 8.38. The predicted octanol–water partition coefficient (Wildman–Crippen LogP) is 4.53. The van der Waals surface area contributed by atoms with E-state index in [1.165, 1.54) is 19.4 Å². The van der Waals surface area contributed by atoms with Gasteiger partial charge in [-0.25, -0.2) is 14.0 Å². The highest BCUT2D eigenvalue weighted by molar-refractivity contribution is 14.1. The highest BCUT2D eigenvalue weighted by atomic mass is 127. The second-order valence-corrected chi connectivity index (χ2v) is 10.6. The van der Waals surface area contributed by atoms with Crippen LogP contribution in [0.25, 0.3) is 0 Å². The molecule has 4 rings (SSSR count). The molecule has 0 aromatic heterocycles. The van der Waals surface area contributed by atoms with Crippen LogP contribution < -0.4 is 30.3 Å². The van der Waals surface area contributed by atoms with Gasteiger partial charge in [0.1, 0.15) is 24.8 Å². The third-order valence-corrected chi connectivity index (χ3v) is 7.25. The number of esters is 1. The molecule has 1 heterocycles. The number of urea groups is 1. The largest absolute Gasteiger partial charge is 0.490 e. The van der Waals surface area contributed by atoms with Gasteiger partial charge in [0.15, 0.2) is 17.7 Å². The molecule has 0 radical (unpaired) electrons. The summed E-state index contributed by atoms with van der Waals surface area (Å²) in [5.41, 5.74) is 5.06. The molecular weight excluding hydrogens is 686 g/mol. The summed E-state index contributed by atoms with van der Waals surface area (Å²) in [4.78, 5) is 24.6. The molecule has 4 N–H and O–H groups in total. The Balaban J connectivity index is 1.35. The van der Waals surface area contributed by atoms with E-state index in [4.69, 9.17) is 18.9 Å². The summed E-state index contributed by atoms with van der Waals surface area (Å²) < 4.78 is 36.8. The Morgan fingerprint density at radius 1 is 1.11 bits per heavy atom. The summed E-state index contributed by atoms with van der Waals surface area (Å²) >= 11 is 2.13. The zero-order valence-corrected chi connectivity index (χ0v) is 26.4. The molecular formula is C31H32FIN4O7. The van der Waals surface area contributed by atoms with Crippen LogP contribution in [0, 0.1) is 9.39 Å². The maximum absolute atomic E-state index is 13.9. The van der Waals surface area contributed by atoms with Gasteiger partial charge < -0.3 is 34.7 Å². The average molecular weight is 719 g/mol. The number of ether oxygens (including phenoxy) is 4. The minimum absolute atomic E-state index is 0.109. The monoisotopic (exact) mass is 718 g/mol. The van der Waals surface area contributed by atoms with Crippen LogP contribution in [0.2, 0.25) is 0 Å². The Bertz CT molecular complexity index is 1570. The number of nitrogens with zero attached hydrogens (tertiary/aromatic N) is 1. The van der Waals surface area contributed by atoms with Crippen molar-refractivity contribution in [2.75, 3.05) is 20.3 Å². The lowest BCUT2D eigenvalue weighted by molar-refractivity contribution is -0.136. The molecule has 232 valence electrons. The van der Waals surface area contributed by atoms with Crippen LogP contribution in [0.5, 0.6) is 17.2 Å². The lowest BCUT2D eigenvalue weighted by atomic mass is 9.95. The fourth-order valence-electron chi connectivity index (χ4n) is 4.31. The van der Waals surface area contributed by atoms with Crippen LogP contribution in [0.3, 0.4) is 0 Å². The van der Waals surface area contributed by atoms with Crippen molar-refractivity contribution in [3.63, 3.8) is 0 Å². The van der Waals surface area contributed by atoms with Crippen LogP contribution in [0.4, 0.5) is 9.18 Å². The number of carbonyl (C=O) groups excluding carboxylic acids is 2. The Kier molecular flexibility index (Phi) is 11.4. The predicted molar refractivity (Wildman–Crippen MR) is 169 cm³/mol. The van der Waals surface area contributed by atoms with E-state index in [0.717, 1.165) is 9.13 Å². The minimum Gasteiger partial charge on any atom is -0.490 e. The topological polar surface area (TPSA) is 140 Å². The van der Waals surface area contributed by atoms with Crippen molar-refractivity contribution in [1.82, 2.24) is 16.1 Å². The van der Waals surface area contributed by atoms with Crippen molar-refractivity contribution < 1.29 is 38.0 Å². The van der Waals surface area contributed by atoms with E-state index >= 15 is 0 Å². The number of aliphatic hydroxyl groups excluding tert-OH is 1. The molecule has 3 aromatic carbocycles. The number of nitrogens with one attached hydrogen (secondary N) is 3. The molecule has 1 aliphatic heterocycles. The average Bonchev–Trinajstić information content (AvgIpc) is 3.00. The zero-order chi connectivity index (χ0) is 31.6. The molecule has 3 aromatic rings. The maximum Gasteiger partial charge on any atom is 0.337 e. The number of carbonyl (C=O) groups is 2. The fraction of sp³-hybridized carbons (Fsp3) is 0.258. The molecule has 0 fully saturated rings. The Labute approximate surface area is 267 Å². The number of aliphatic hydroxyl groups is 1. The summed E-state index contributed by atoms with van der Waals surface area (Å²) in [5, 5.41) is 19.8. The second kappa shape index (κ2) is 15.4. The third-order valence-electron chi connectivity index (χ3n) is 6.41. The number of hydrogen-bond donors (Lipinski definition) is 4. The molecule has 11 nitrogen and oxygen atoms in total. The molecule has 0 saturated heterocycles. The number of methoxy groups -OCH3 is 1. The number of rotatable bonds is 13. The number of amides is 2. The SMILES string of the molecule is CCOc1cc([C@@H]2NC(=O)NC(C)=C2C(=O)OC)ccc1OC[C@@H](O)N/N=C\c1ccc(OCc2ccccc2F)c(I)c1. The first-order valence-electron chi connectivity index (χ1n) is 13.6. The van der Waals surface area contributed by atoms with E-state index in [2.05, 4.69) is 43.8 Å². The first-order valence-corrected chi connectivity index (χ1v) is 14.7. The standard InChI is InChI=1S/C31H32FIN4O7/c1-4-42-26-14-20(29-28(30(39)41-3)18(2)35-31(40)36-29)10-12-25(26)44-17-27(38)37-34-15-19-9-11-24(23(33)13-19)43-16-21-7-5-6-8-22(21)32/h5-15,27,29,37-38H,4,16-17H2,1-3H3,(H2,35,36,40)/b34-15-/t27-,29+/m1/s1. The Morgan fingerprint density at radius 3 is 2.61 bits per heavy atom. The lowest BCUT2D eigenvalue weighted by Gasteiger charge is -2.28. The molecule has 0 saturated carbocycles. The summed E-state index contributed by atoms with van der Waals surface area (Å²) in [5.74, 6) is 0.425. The van der Waals surface area contributed by atoms with E-state index in [-0.39, 0.29) is 24.6 Å². The van der Waals surface area contributed by atoms with E-state index in [9.17, 15) is 19.1 Å². The normalized spacial score (nSPS) is 15.3. The van der Waals surface area contributed by atoms with Gasteiger partial charge in [0.2, 0.25) is 0 Å². The summed E-state index contributed by atoms with van der Waals surface area (Å²) in [7, 11) is 1.27. The van der Waals surface area contributed by atoms with E-state index in [1.54, 1.807) is 62.4 Å². The number of hydrogen-bond acceptors (Lipinski definition) is 9. The first-order chi connectivity index (χ1) is 21.2. The molecule has 1 aliphatic rings. The minimum atomic E-state index is -1.15. The smallest absolute Gasteiger partial charge is 0.337 e. The van der Waals surface area contributed by atoms with Gasteiger partial charge in [0, 0.05) is 11.3 Å². The Hall–Kier alpha value is -4.37. The van der Waals surface area contributed by atoms with Gasteiger partial charge >= 0.3 is 12.0 Å². The second-order valence-electron chi connectivity index (χ2n) is 9.48. The van der Waals surface area contributed by atoms with Crippen molar-refractivity contribution in [3.05, 3.63) is 98.0 Å². The first kappa shape index (κ1) is 32.5.